The first-order valence-electron chi connectivity index (χ1n) is 5.79. The molecular formula is C12H11N3O5. The summed E-state index contributed by atoms with van der Waals surface area (Å²) in [5.74, 6) is -0.842. The van der Waals surface area contributed by atoms with Crippen molar-refractivity contribution in [3.8, 4) is 11.5 Å². The van der Waals surface area contributed by atoms with Gasteiger partial charge in [0.2, 0.25) is 5.89 Å². The largest absolute Gasteiger partial charge is 0.459 e. The normalized spacial score (nSPS) is 10.3. The molecule has 1 aromatic heterocycles. The summed E-state index contributed by atoms with van der Waals surface area (Å²) in [5.41, 5.74) is 1.09. The average molecular weight is 277 g/mol. The topological polar surface area (TPSA) is 108 Å². The summed E-state index contributed by atoms with van der Waals surface area (Å²) >= 11 is 0. The van der Waals surface area contributed by atoms with Crippen LogP contribution in [-0.4, -0.2) is 27.7 Å². The van der Waals surface area contributed by atoms with E-state index in [1.54, 1.807) is 13.8 Å². The van der Waals surface area contributed by atoms with Crippen LogP contribution in [0.2, 0.25) is 0 Å². The zero-order chi connectivity index (χ0) is 14.7. The molecule has 1 heterocycles. The molecule has 0 fully saturated rings. The molecule has 0 radical (unpaired) electrons. The summed E-state index contributed by atoms with van der Waals surface area (Å²) in [6.07, 6.45) is 0. The standard InChI is InChI=1S/C12H11N3O5/c1-3-19-12(16)11-14-13-10(20-11)9-5-4-8(15(17)18)6-7(9)2/h4-6H,3H2,1-2H3. The number of aryl methyl sites for hydroxylation is 1. The maximum absolute atomic E-state index is 11.4. The number of nitro benzene ring substituents is 1. The number of carbonyl (C=O) groups excluding carboxylic acids is 1. The smallest absolute Gasteiger partial charge is 0.396 e. The van der Waals surface area contributed by atoms with Crippen LogP contribution in [0.4, 0.5) is 5.69 Å². The predicted octanol–water partition coefficient (Wildman–Crippen LogP) is 2.13. The first-order valence-corrected chi connectivity index (χ1v) is 5.79. The second-order valence-corrected chi connectivity index (χ2v) is 3.89. The lowest BCUT2D eigenvalue weighted by molar-refractivity contribution is -0.384. The monoisotopic (exact) mass is 277 g/mol. The molecule has 20 heavy (non-hydrogen) atoms. The van der Waals surface area contributed by atoms with Gasteiger partial charge >= 0.3 is 11.9 Å². The number of benzene rings is 1. The first-order chi connectivity index (χ1) is 9.52. The number of carbonyl (C=O) groups is 1. The van der Waals surface area contributed by atoms with Gasteiger partial charge in [0.1, 0.15) is 0 Å². The molecule has 0 saturated carbocycles. The minimum atomic E-state index is -0.703. The van der Waals surface area contributed by atoms with Gasteiger partial charge in [-0.3, -0.25) is 10.1 Å². The van der Waals surface area contributed by atoms with Crippen LogP contribution in [-0.2, 0) is 4.74 Å². The molecule has 104 valence electrons. The van der Waals surface area contributed by atoms with Crippen LogP contribution in [0.3, 0.4) is 0 Å². The number of nitrogens with zero attached hydrogens (tertiary/aromatic N) is 3. The zero-order valence-electron chi connectivity index (χ0n) is 10.8. The van der Waals surface area contributed by atoms with Gasteiger partial charge in [0.15, 0.2) is 0 Å². The Bertz CT molecular complexity index is 665. The van der Waals surface area contributed by atoms with Crippen LogP contribution in [0, 0.1) is 17.0 Å². The number of hydrogen-bond donors (Lipinski definition) is 0. The van der Waals surface area contributed by atoms with Gasteiger partial charge in [-0.05, 0) is 25.5 Å². The fourth-order valence-corrected chi connectivity index (χ4v) is 1.61. The summed E-state index contributed by atoms with van der Waals surface area (Å²) in [4.78, 5) is 21.6. The molecule has 0 spiro atoms. The minimum absolute atomic E-state index is 0.0311. The van der Waals surface area contributed by atoms with Gasteiger partial charge in [0.25, 0.3) is 5.69 Å². The van der Waals surface area contributed by atoms with Crippen LogP contribution in [0.1, 0.15) is 23.2 Å². The van der Waals surface area contributed by atoms with Gasteiger partial charge in [-0.1, -0.05) is 0 Å². The van der Waals surface area contributed by atoms with E-state index in [9.17, 15) is 14.9 Å². The lowest BCUT2D eigenvalue weighted by Crippen LogP contribution is -2.04. The number of esters is 1. The fraction of sp³-hybridized carbons (Fsp3) is 0.250. The highest BCUT2D eigenvalue weighted by molar-refractivity contribution is 5.84. The molecule has 8 nitrogen and oxygen atoms in total. The van der Waals surface area contributed by atoms with Gasteiger partial charge in [-0.15, -0.1) is 10.2 Å². The third-order valence-corrected chi connectivity index (χ3v) is 2.53. The molecule has 2 aromatic rings. The van der Waals surface area contributed by atoms with Gasteiger partial charge in [0, 0.05) is 17.7 Å². The van der Waals surface area contributed by atoms with E-state index in [2.05, 4.69) is 10.2 Å². The number of nitro groups is 1. The van der Waals surface area contributed by atoms with E-state index < -0.39 is 10.9 Å². The van der Waals surface area contributed by atoms with E-state index in [0.29, 0.717) is 11.1 Å². The van der Waals surface area contributed by atoms with Gasteiger partial charge in [-0.25, -0.2) is 4.79 Å². The highest BCUT2D eigenvalue weighted by Crippen LogP contribution is 2.25. The highest BCUT2D eigenvalue weighted by Gasteiger charge is 2.19. The van der Waals surface area contributed by atoms with E-state index in [1.165, 1.54) is 18.2 Å². The van der Waals surface area contributed by atoms with E-state index in [1.807, 2.05) is 0 Å². The van der Waals surface area contributed by atoms with Crippen molar-refractivity contribution >= 4 is 11.7 Å². The molecule has 8 heteroatoms. The minimum Gasteiger partial charge on any atom is -0.459 e. The molecule has 1 aromatic carbocycles. The Kier molecular flexibility index (Phi) is 3.74. The van der Waals surface area contributed by atoms with Gasteiger partial charge in [-0.2, -0.15) is 0 Å². The van der Waals surface area contributed by atoms with Crippen LogP contribution in [0.25, 0.3) is 11.5 Å². The molecule has 0 bridgehead atoms. The fourth-order valence-electron chi connectivity index (χ4n) is 1.61. The summed E-state index contributed by atoms with van der Waals surface area (Å²) in [7, 11) is 0. The summed E-state index contributed by atoms with van der Waals surface area (Å²) in [6.45, 7) is 3.54. The van der Waals surface area contributed by atoms with Crippen molar-refractivity contribution in [1.82, 2.24) is 10.2 Å². The van der Waals surface area contributed by atoms with E-state index in [0.717, 1.165) is 0 Å². The van der Waals surface area contributed by atoms with Crippen LogP contribution >= 0.6 is 0 Å². The van der Waals surface area contributed by atoms with Crippen molar-refractivity contribution in [2.45, 2.75) is 13.8 Å². The number of rotatable bonds is 4. The Morgan fingerprint density at radius 3 is 2.80 bits per heavy atom. The molecule has 0 unspecified atom stereocenters. The Hall–Kier alpha value is -2.77. The molecule has 0 atom stereocenters. The molecule has 0 aliphatic rings. The molecular weight excluding hydrogens is 266 g/mol. The van der Waals surface area contributed by atoms with Crippen molar-refractivity contribution in [3.05, 3.63) is 39.8 Å². The molecule has 0 saturated heterocycles. The van der Waals surface area contributed by atoms with E-state index >= 15 is 0 Å². The molecule has 0 aliphatic carbocycles. The van der Waals surface area contributed by atoms with Crippen molar-refractivity contribution < 1.29 is 18.9 Å². The Labute approximate surface area is 113 Å². The number of aromatic nitrogens is 2. The lowest BCUT2D eigenvalue weighted by Gasteiger charge is -2.00. The number of ether oxygens (including phenoxy) is 1. The van der Waals surface area contributed by atoms with Gasteiger partial charge < -0.3 is 9.15 Å². The second-order valence-electron chi connectivity index (χ2n) is 3.89. The Morgan fingerprint density at radius 2 is 2.20 bits per heavy atom. The van der Waals surface area contributed by atoms with E-state index in [-0.39, 0.29) is 24.1 Å². The first kappa shape index (κ1) is 13.7. The molecule has 0 N–H and O–H groups in total. The van der Waals surface area contributed by atoms with E-state index in [4.69, 9.17) is 9.15 Å². The van der Waals surface area contributed by atoms with Crippen molar-refractivity contribution in [1.29, 1.82) is 0 Å². The summed E-state index contributed by atoms with van der Waals surface area (Å²) in [6, 6.07) is 4.22. The van der Waals surface area contributed by atoms with Crippen LogP contribution in [0.5, 0.6) is 0 Å². The third-order valence-electron chi connectivity index (χ3n) is 2.53. The predicted molar refractivity (Wildman–Crippen MR) is 67.1 cm³/mol. The van der Waals surface area contributed by atoms with Crippen molar-refractivity contribution in [2.75, 3.05) is 6.61 Å². The van der Waals surface area contributed by atoms with Crippen molar-refractivity contribution in [2.24, 2.45) is 0 Å². The third kappa shape index (κ3) is 2.63. The Morgan fingerprint density at radius 1 is 1.45 bits per heavy atom. The highest BCUT2D eigenvalue weighted by atomic mass is 16.6. The maximum Gasteiger partial charge on any atom is 0.396 e. The van der Waals surface area contributed by atoms with Gasteiger partial charge in [0.05, 0.1) is 11.5 Å². The van der Waals surface area contributed by atoms with Crippen LogP contribution < -0.4 is 0 Å². The second kappa shape index (κ2) is 5.47. The number of non-ortho nitro benzene ring substituents is 1. The van der Waals surface area contributed by atoms with Crippen molar-refractivity contribution in [3.63, 3.8) is 0 Å². The Balaban J connectivity index is 2.33. The summed E-state index contributed by atoms with van der Waals surface area (Å²) in [5, 5.41) is 18.0. The zero-order valence-corrected chi connectivity index (χ0v) is 10.8. The lowest BCUT2D eigenvalue weighted by atomic mass is 10.1. The summed E-state index contributed by atoms with van der Waals surface area (Å²) < 4.78 is 9.93. The quantitative estimate of drug-likeness (QED) is 0.478. The SMILES string of the molecule is CCOC(=O)c1nnc(-c2ccc([N+](=O)[O-])cc2C)o1. The molecule has 0 amide bonds. The van der Waals surface area contributed by atoms with Crippen LogP contribution in [0.15, 0.2) is 22.6 Å². The maximum atomic E-state index is 11.4. The molecule has 2 rings (SSSR count). The molecule has 0 aliphatic heterocycles. The number of hydrogen-bond acceptors (Lipinski definition) is 7. The average Bonchev–Trinajstić information content (AvgIpc) is 2.88.